The molecule has 0 amide bonds. The maximum atomic E-state index is 2.67. The van der Waals surface area contributed by atoms with Gasteiger partial charge in [-0.2, -0.15) is 0 Å². The van der Waals surface area contributed by atoms with E-state index in [0.717, 1.165) is 23.7 Å². The van der Waals surface area contributed by atoms with E-state index in [-0.39, 0.29) is 5.41 Å². The van der Waals surface area contributed by atoms with Crippen LogP contribution >= 0.6 is 11.3 Å². The van der Waals surface area contributed by atoms with Crippen LogP contribution < -0.4 is 0 Å². The molecule has 1 aromatic heterocycles. The van der Waals surface area contributed by atoms with E-state index in [9.17, 15) is 0 Å². The lowest BCUT2D eigenvalue weighted by Crippen LogP contribution is -2.55. The molecule has 9 aromatic rings. The SMILES string of the molecule is c1ccc2c(c1)-c1ccc(-c3c4ccccc4c(-c4ccc(-c5ccc6c(c5)sc5ccccc56)cc4)c4ccccc34)cc1C21C2CC3CC(C2)CC1C3. The molecular weight excluding hydrogens is 681 g/mol. The van der Waals surface area contributed by atoms with Crippen molar-refractivity contribution in [3.05, 3.63) is 169 Å². The zero-order chi connectivity index (χ0) is 35.8. The molecular formula is C54H40S. The van der Waals surface area contributed by atoms with E-state index in [4.69, 9.17) is 0 Å². The molecule has 0 atom stereocenters. The molecule has 5 aliphatic carbocycles. The number of hydrogen-bond acceptors (Lipinski definition) is 1. The Morgan fingerprint density at radius 1 is 0.364 bits per heavy atom. The van der Waals surface area contributed by atoms with Gasteiger partial charge in [-0.15, -0.1) is 11.3 Å². The van der Waals surface area contributed by atoms with Crippen LogP contribution in [-0.2, 0) is 5.41 Å². The highest BCUT2D eigenvalue weighted by molar-refractivity contribution is 7.25. The first-order valence-electron chi connectivity index (χ1n) is 20.4. The molecule has 0 radical (unpaired) electrons. The second kappa shape index (κ2) is 11.3. The van der Waals surface area contributed by atoms with Crippen molar-refractivity contribution in [2.75, 3.05) is 0 Å². The number of thiophene rings is 1. The number of rotatable bonds is 3. The summed E-state index contributed by atoms with van der Waals surface area (Å²) in [5.41, 5.74) is 14.3. The minimum Gasteiger partial charge on any atom is -0.135 e. The average Bonchev–Trinajstić information content (AvgIpc) is 3.75. The van der Waals surface area contributed by atoms with Gasteiger partial charge in [-0.25, -0.2) is 0 Å². The minimum absolute atomic E-state index is 0.157. The van der Waals surface area contributed by atoms with Crippen molar-refractivity contribution >= 4 is 53.1 Å². The van der Waals surface area contributed by atoms with E-state index in [1.54, 1.807) is 11.1 Å². The molecule has 1 heterocycles. The van der Waals surface area contributed by atoms with E-state index < -0.39 is 0 Å². The normalized spacial score (nSPS) is 23.3. The Bertz CT molecular complexity index is 2960. The third kappa shape index (κ3) is 4.17. The number of hydrogen-bond donors (Lipinski definition) is 0. The van der Waals surface area contributed by atoms with Gasteiger partial charge in [0.05, 0.1) is 0 Å². The second-order valence-corrected chi connectivity index (χ2v) is 18.3. The molecule has 0 aliphatic heterocycles. The van der Waals surface area contributed by atoms with Crippen molar-refractivity contribution in [2.45, 2.75) is 37.5 Å². The van der Waals surface area contributed by atoms with E-state index in [1.165, 1.54) is 118 Å². The largest absolute Gasteiger partial charge is 0.135 e. The van der Waals surface area contributed by atoms with Crippen LogP contribution in [-0.4, -0.2) is 0 Å². The fraction of sp³-hybridized carbons (Fsp3) is 0.185. The summed E-state index contributed by atoms with van der Waals surface area (Å²) < 4.78 is 2.70. The molecule has 0 nitrogen and oxygen atoms in total. The van der Waals surface area contributed by atoms with E-state index in [2.05, 4.69) is 158 Å². The van der Waals surface area contributed by atoms with Gasteiger partial charge < -0.3 is 0 Å². The van der Waals surface area contributed by atoms with E-state index in [1.807, 2.05) is 11.3 Å². The number of fused-ring (bicyclic) bond motifs is 8. The lowest BCUT2D eigenvalue weighted by atomic mass is 9.43. The van der Waals surface area contributed by atoms with Crippen molar-refractivity contribution in [3.63, 3.8) is 0 Å². The van der Waals surface area contributed by atoms with Gasteiger partial charge in [0.15, 0.2) is 0 Å². The maximum absolute atomic E-state index is 2.67. The van der Waals surface area contributed by atoms with Gasteiger partial charge in [0.2, 0.25) is 0 Å². The zero-order valence-electron chi connectivity index (χ0n) is 30.8. The fourth-order valence-corrected chi connectivity index (χ4v) is 13.9. The van der Waals surface area contributed by atoms with Gasteiger partial charge in [-0.3, -0.25) is 0 Å². The lowest BCUT2D eigenvalue weighted by Gasteiger charge is -2.61. The molecule has 4 saturated carbocycles. The van der Waals surface area contributed by atoms with Crippen molar-refractivity contribution in [2.24, 2.45) is 23.7 Å². The topological polar surface area (TPSA) is 0 Å². The average molecular weight is 721 g/mol. The molecule has 4 fully saturated rings. The minimum atomic E-state index is 0.157. The Balaban J connectivity index is 0.975. The second-order valence-electron chi connectivity index (χ2n) is 17.2. The summed E-state index contributed by atoms with van der Waals surface area (Å²) in [4.78, 5) is 0. The predicted molar refractivity (Wildman–Crippen MR) is 234 cm³/mol. The van der Waals surface area contributed by atoms with Crippen LogP contribution in [0.3, 0.4) is 0 Å². The van der Waals surface area contributed by atoms with Crippen molar-refractivity contribution in [1.82, 2.24) is 0 Å². The summed E-state index contributed by atoms with van der Waals surface area (Å²) >= 11 is 1.89. The van der Waals surface area contributed by atoms with Gasteiger partial charge in [-0.1, -0.05) is 140 Å². The van der Waals surface area contributed by atoms with Crippen molar-refractivity contribution < 1.29 is 0 Å². The predicted octanol–water partition coefficient (Wildman–Crippen LogP) is 15.1. The van der Waals surface area contributed by atoms with Gasteiger partial charge in [0.1, 0.15) is 0 Å². The zero-order valence-corrected chi connectivity index (χ0v) is 31.6. The quantitative estimate of drug-likeness (QED) is 0.159. The highest BCUT2D eigenvalue weighted by atomic mass is 32.1. The van der Waals surface area contributed by atoms with Crippen LogP contribution in [0.2, 0.25) is 0 Å². The molecule has 262 valence electrons. The van der Waals surface area contributed by atoms with Crippen molar-refractivity contribution in [1.29, 1.82) is 0 Å². The number of benzene rings is 8. The Kier molecular flexibility index (Phi) is 6.31. The van der Waals surface area contributed by atoms with Crippen LogP contribution in [0.15, 0.2) is 158 Å². The smallest absolute Gasteiger partial charge is 0.0361 e. The molecule has 4 bridgehead atoms. The molecule has 14 rings (SSSR count). The molecule has 5 aliphatic rings. The monoisotopic (exact) mass is 720 g/mol. The third-order valence-electron chi connectivity index (χ3n) is 14.7. The van der Waals surface area contributed by atoms with Crippen LogP contribution in [0, 0.1) is 23.7 Å². The van der Waals surface area contributed by atoms with Crippen LogP contribution in [0.5, 0.6) is 0 Å². The molecule has 55 heavy (non-hydrogen) atoms. The van der Waals surface area contributed by atoms with Gasteiger partial charge in [0.25, 0.3) is 0 Å². The maximum Gasteiger partial charge on any atom is 0.0361 e. The third-order valence-corrected chi connectivity index (χ3v) is 15.8. The highest BCUT2D eigenvalue weighted by Gasteiger charge is 2.61. The highest BCUT2D eigenvalue weighted by Crippen LogP contribution is 2.69. The summed E-state index contributed by atoms with van der Waals surface area (Å²) in [5.74, 6) is 3.39. The summed E-state index contributed by atoms with van der Waals surface area (Å²) in [6.07, 6.45) is 7.11. The lowest BCUT2D eigenvalue weighted by molar-refractivity contribution is -0.0399. The Hall–Kier alpha value is -5.50. The fourth-order valence-electron chi connectivity index (χ4n) is 12.8. The Morgan fingerprint density at radius 3 is 1.56 bits per heavy atom. The first kappa shape index (κ1) is 30.8. The first-order valence-corrected chi connectivity index (χ1v) is 21.2. The molecule has 1 heteroatoms. The van der Waals surface area contributed by atoms with Gasteiger partial charge in [-0.05, 0) is 151 Å². The molecule has 0 unspecified atom stereocenters. The molecule has 8 aromatic carbocycles. The first-order chi connectivity index (χ1) is 27.2. The Labute approximate surface area is 326 Å². The van der Waals surface area contributed by atoms with Crippen molar-refractivity contribution in [3.8, 4) is 44.5 Å². The molecule has 1 spiro atoms. The molecule has 0 N–H and O–H groups in total. The van der Waals surface area contributed by atoms with E-state index >= 15 is 0 Å². The van der Waals surface area contributed by atoms with Crippen LogP contribution in [0.25, 0.3) is 86.2 Å². The van der Waals surface area contributed by atoms with Crippen LogP contribution in [0.1, 0.15) is 43.2 Å². The molecule has 0 saturated heterocycles. The summed E-state index contributed by atoms with van der Waals surface area (Å²) in [6.45, 7) is 0. The van der Waals surface area contributed by atoms with E-state index in [0.29, 0.717) is 0 Å². The summed E-state index contributed by atoms with van der Waals surface area (Å²) in [6, 6.07) is 60.6. The van der Waals surface area contributed by atoms with Gasteiger partial charge >= 0.3 is 0 Å². The Morgan fingerprint density at radius 2 is 0.873 bits per heavy atom. The summed E-state index contributed by atoms with van der Waals surface area (Å²) in [5, 5.41) is 8.02. The standard InChI is InChI=1S/C54H40S/c1-3-13-46-44(11-1)52(35-19-17-34(18-20-35)36-21-24-43-42-10-6-8-16-50(42)55-51(43)31-36)45-12-2-4-14-47(45)53(46)37-22-23-41-40-9-5-7-15-48(40)54(49(41)30-37)38-26-32-25-33(28-38)29-39(54)27-32/h1-24,30-33,38-39H,25-29H2. The summed E-state index contributed by atoms with van der Waals surface area (Å²) in [7, 11) is 0. The van der Waals surface area contributed by atoms with Gasteiger partial charge in [0, 0.05) is 25.6 Å². The van der Waals surface area contributed by atoms with Crippen LogP contribution in [0.4, 0.5) is 0 Å².